The Kier molecular flexibility index (Phi) is 4.46. The fourth-order valence-electron chi connectivity index (χ4n) is 1.92. The quantitative estimate of drug-likeness (QED) is 0.779. The lowest BCUT2D eigenvalue weighted by Crippen LogP contribution is -2.20. The lowest BCUT2D eigenvalue weighted by Gasteiger charge is -2.07. The van der Waals surface area contributed by atoms with Crippen molar-refractivity contribution in [2.24, 2.45) is 0 Å². The van der Waals surface area contributed by atoms with Gasteiger partial charge in [-0.1, -0.05) is 18.2 Å². The Labute approximate surface area is 132 Å². The van der Waals surface area contributed by atoms with E-state index in [1.807, 2.05) is 60.0 Å². The minimum absolute atomic E-state index is 0.0156. The molecule has 0 aliphatic carbocycles. The molecule has 1 aromatic heterocycles. The summed E-state index contributed by atoms with van der Waals surface area (Å²) in [4.78, 5) is 16.1. The van der Waals surface area contributed by atoms with Crippen LogP contribution in [0.25, 0.3) is 10.6 Å². The van der Waals surface area contributed by atoms with Gasteiger partial charge in [0.15, 0.2) is 6.61 Å². The van der Waals surface area contributed by atoms with Crippen LogP contribution in [0.5, 0.6) is 5.75 Å². The van der Waals surface area contributed by atoms with Crippen LogP contribution in [0.4, 0.5) is 5.69 Å². The van der Waals surface area contributed by atoms with E-state index in [-0.39, 0.29) is 12.5 Å². The van der Waals surface area contributed by atoms with Crippen LogP contribution < -0.4 is 10.1 Å². The van der Waals surface area contributed by atoms with Gasteiger partial charge in [0.2, 0.25) is 0 Å². The fraction of sp³-hybridized carbons (Fsp3) is 0.0588. The molecule has 3 aromatic rings. The standard InChI is InChI=1S/C17H14N2O2S/c20-16(12-21-15-4-2-1-3-5-15)19-14-8-6-13(7-9-14)17-18-10-11-22-17/h1-11H,12H2,(H,19,20). The number of ether oxygens (including phenoxy) is 1. The van der Waals surface area contributed by atoms with Crippen molar-refractivity contribution in [3.05, 3.63) is 66.2 Å². The van der Waals surface area contributed by atoms with Gasteiger partial charge < -0.3 is 10.1 Å². The Bertz CT molecular complexity index is 725. The van der Waals surface area contributed by atoms with Crippen LogP contribution in [0, 0.1) is 0 Å². The smallest absolute Gasteiger partial charge is 0.262 e. The van der Waals surface area contributed by atoms with Crippen molar-refractivity contribution in [2.45, 2.75) is 0 Å². The first-order valence-corrected chi connectivity index (χ1v) is 7.67. The Morgan fingerprint density at radius 3 is 2.55 bits per heavy atom. The van der Waals surface area contributed by atoms with Crippen LogP contribution in [-0.4, -0.2) is 17.5 Å². The first-order valence-electron chi connectivity index (χ1n) is 6.79. The van der Waals surface area contributed by atoms with E-state index in [4.69, 9.17) is 4.74 Å². The first kappa shape index (κ1) is 14.3. The summed E-state index contributed by atoms with van der Waals surface area (Å²) in [6, 6.07) is 16.9. The number of nitrogens with one attached hydrogen (secondary N) is 1. The molecule has 3 rings (SSSR count). The fourth-order valence-corrected chi connectivity index (χ4v) is 2.57. The molecule has 110 valence electrons. The third kappa shape index (κ3) is 3.71. The summed E-state index contributed by atoms with van der Waals surface area (Å²) in [6.07, 6.45) is 1.77. The van der Waals surface area contributed by atoms with Crippen LogP contribution in [0.15, 0.2) is 66.2 Å². The predicted octanol–water partition coefficient (Wildman–Crippen LogP) is 3.83. The molecule has 0 aliphatic heterocycles. The minimum Gasteiger partial charge on any atom is -0.484 e. The molecule has 0 saturated heterocycles. The molecule has 1 amide bonds. The number of hydrogen-bond donors (Lipinski definition) is 1. The van der Waals surface area contributed by atoms with E-state index in [1.54, 1.807) is 17.5 Å². The monoisotopic (exact) mass is 310 g/mol. The lowest BCUT2D eigenvalue weighted by atomic mass is 10.2. The molecular formula is C17H14N2O2S. The Hall–Kier alpha value is -2.66. The van der Waals surface area contributed by atoms with Gasteiger partial charge >= 0.3 is 0 Å². The van der Waals surface area contributed by atoms with E-state index >= 15 is 0 Å². The number of hydrogen-bond acceptors (Lipinski definition) is 4. The van der Waals surface area contributed by atoms with E-state index in [0.717, 1.165) is 16.3 Å². The predicted molar refractivity (Wildman–Crippen MR) is 88.1 cm³/mol. The molecule has 0 aliphatic rings. The summed E-state index contributed by atoms with van der Waals surface area (Å²) in [5.41, 5.74) is 1.77. The van der Waals surface area contributed by atoms with Gasteiger partial charge in [-0.05, 0) is 36.4 Å². The molecule has 0 radical (unpaired) electrons. The van der Waals surface area contributed by atoms with Crippen molar-refractivity contribution in [1.29, 1.82) is 0 Å². The maximum absolute atomic E-state index is 11.9. The van der Waals surface area contributed by atoms with Gasteiger partial charge in [-0.25, -0.2) is 4.98 Å². The van der Waals surface area contributed by atoms with E-state index in [1.165, 1.54) is 0 Å². The van der Waals surface area contributed by atoms with Crippen LogP contribution in [0.3, 0.4) is 0 Å². The van der Waals surface area contributed by atoms with Gasteiger partial charge in [0.1, 0.15) is 10.8 Å². The van der Waals surface area contributed by atoms with Gasteiger partial charge in [-0.15, -0.1) is 11.3 Å². The first-order chi connectivity index (χ1) is 10.8. The summed E-state index contributed by atoms with van der Waals surface area (Å²) < 4.78 is 5.40. The highest BCUT2D eigenvalue weighted by Gasteiger charge is 2.05. The van der Waals surface area contributed by atoms with Crippen LogP contribution >= 0.6 is 11.3 Å². The van der Waals surface area contributed by atoms with Crippen molar-refractivity contribution in [2.75, 3.05) is 11.9 Å². The normalized spacial score (nSPS) is 10.2. The number of carbonyl (C=O) groups is 1. The maximum atomic E-state index is 11.9. The van der Waals surface area contributed by atoms with Crippen molar-refractivity contribution in [3.8, 4) is 16.3 Å². The van der Waals surface area contributed by atoms with Crippen molar-refractivity contribution < 1.29 is 9.53 Å². The zero-order valence-corrected chi connectivity index (χ0v) is 12.5. The Morgan fingerprint density at radius 2 is 1.86 bits per heavy atom. The molecule has 4 nitrogen and oxygen atoms in total. The molecule has 0 atom stereocenters. The minimum atomic E-state index is -0.189. The van der Waals surface area contributed by atoms with Crippen molar-refractivity contribution in [1.82, 2.24) is 4.98 Å². The summed E-state index contributed by atoms with van der Waals surface area (Å²) >= 11 is 1.58. The average Bonchev–Trinajstić information content (AvgIpc) is 3.09. The third-order valence-corrected chi connectivity index (χ3v) is 3.78. The van der Waals surface area contributed by atoms with Gasteiger partial charge in [-0.2, -0.15) is 0 Å². The molecule has 1 N–H and O–H groups in total. The summed E-state index contributed by atoms with van der Waals surface area (Å²) in [5.74, 6) is 0.489. The molecule has 2 aromatic carbocycles. The second-order valence-corrected chi connectivity index (χ2v) is 5.46. The SMILES string of the molecule is O=C(COc1ccccc1)Nc1ccc(-c2nccs2)cc1. The number of rotatable bonds is 5. The second kappa shape index (κ2) is 6.87. The van der Waals surface area contributed by atoms with Crippen molar-refractivity contribution in [3.63, 3.8) is 0 Å². The average molecular weight is 310 g/mol. The highest BCUT2D eigenvalue weighted by atomic mass is 32.1. The summed E-state index contributed by atoms with van der Waals surface area (Å²) in [5, 5.41) is 5.70. The van der Waals surface area contributed by atoms with Crippen LogP contribution in [0.2, 0.25) is 0 Å². The molecule has 0 fully saturated rings. The number of amides is 1. The summed E-state index contributed by atoms with van der Waals surface area (Å²) in [7, 11) is 0. The highest BCUT2D eigenvalue weighted by molar-refractivity contribution is 7.13. The number of benzene rings is 2. The lowest BCUT2D eigenvalue weighted by molar-refractivity contribution is -0.118. The second-order valence-electron chi connectivity index (χ2n) is 4.56. The highest BCUT2D eigenvalue weighted by Crippen LogP contribution is 2.23. The Morgan fingerprint density at radius 1 is 1.09 bits per heavy atom. The van der Waals surface area contributed by atoms with Gasteiger partial charge in [-0.3, -0.25) is 4.79 Å². The molecule has 0 bridgehead atoms. The molecule has 22 heavy (non-hydrogen) atoms. The molecule has 5 heteroatoms. The topological polar surface area (TPSA) is 51.2 Å². The van der Waals surface area contributed by atoms with Gasteiger partial charge in [0, 0.05) is 22.8 Å². The number of anilines is 1. The van der Waals surface area contributed by atoms with Crippen molar-refractivity contribution >= 4 is 22.9 Å². The zero-order valence-electron chi connectivity index (χ0n) is 11.7. The van der Waals surface area contributed by atoms with Crippen LogP contribution in [-0.2, 0) is 4.79 Å². The molecule has 0 unspecified atom stereocenters. The number of para-hydroxylation sites is 1. The van der Waals surface area contributed by atoms with Gasteiger partial charge in [0.25, 0.3) is 5.91 Å². The molecule has 1 heterocycles. The number of thiazole rings is 1. The van der Waals surface area contributed by atoms with E-state index in [9.17, 15) is 4.79 Å². The largest absolute Gasteiger partial charge is 0.484 e. The van der Waals surface area contributed by atoms with Crippen LogP contribution in [0.1, 0.15) is 0 Å². The number of carbonyl (C=O) groups excluding carboxylic acids is 1. The molecule has 0 saturated carbocycles. The van der Waals surface area contributed by atoms with Gasteiger partial charge in [0.05, 0.1) is 0 Å². The Balaban J connectivity index is 1.55. The van der Waals surface area contributed by atoms with E-state index in [2.05, 4.69) is 10.3 Å². The molecular weight excluding hydrogens is 296 g/mol. The molecule has 0 spiro atoms. The number of aromatic nitrogens is 1. The van der Waals surface area contributed by atoms with E-state index in [0.29, 0.717) is 5.75 Å². The number of nitrogens with zero attached hydrogens (tertiary/aromatic N) is 1. The zero-order chi connectivity index (χ0) is 15.2. The summed E-state index contributed by atoms with van der Waals surface area (Å²) in [6.45, 7) is -0.0156. The third-order valence-electron chi connectivity index (χ3n) is 2.96. The maximum Gasteiger partial charge on any atom is 0.262 e. The van der Waals surface area contributed by atoms with E-state index < -0.39 is 0 Å².